The molecule has 0 fully saturated rings. The first-order valence-corrected chi connectivity index (χ1v) is 7.14. The largest absolute Gasteiger partial charge is 0.389 e. The standard InChI is InChI=1S/C14H21ClN2S/c1-4-14(5-2,6-3)17-12-8-7-10(13(16)18)9-11(12)15/h7-9,17H,4-6H2,1-3H3,(H2,16,18). The maximum atomic E-state index is 6.27. The van der Waals surface area contributed by atoms with E-state index in [0.29, 0.717) is 10.0 Å². The Hall–Kier alpha value is -0.800. The summed E-state index contributed by atoms with van der Waals surface area (Å²) >= 11 is 11.2. The smallest absolute Gasteiger partial charge is 0.104 e. The number of rotatable bonds is 6. The van der Waals surface area contributed by atoms with E-state index in [1.54, 1.807) is 0 Å². The maximum Gasteiger partial charge on any atom is 0.104 e. The fourth-order valence-corrected chi connectivity index (χ4v) is 2.43. The molecule has 18 heavy (non-hydrogen) atoms. The number of thiocarbonyl (C=S) groups is 1. The molecule has 1 aromatic carbocycles. The zero-order chi connectivity index (χ0) is 13.8. The third-order valence-corrected chi connectivity index (χ3v) is 4.23. The minimum atomic E-state index is 0.106. The summed E-state index contributed by atoms with van der Waals surface area (Å²) in [6.45, 7) is 6.58. The van der Waals surface area contributed by atoms with E-state index < -0.39 is 0 Å². The first-order chi connectivity index (χ1) is 8.48. The van der Waals surface area contributed by atoms with Gasteiger partial charge in [0.25, 0.3) is 0 Å². The molecule has 0 radical (unpaired) electrons. The van der Waals surface area contributed by atoms with Crippen LogP contribution >= 0.6 is 23.8 Å². The zero-order valence-electron chi connectivity index (χ0n) is 11.2. The molecule has 0 amide bonds. The number of halogens is 1. The predicted octanol–water partition coefficient (Wildman–Crippen LogP) is 4.35. The third-order valence-electron chi connectivity index (χ3n) is 3.68. The van der Waals surface area contributed by atoms with Gasteiger partial charge in [-0.05, 0) is 37.5 Å². The van der Waals surface area contributed by atoms with E-state index in [1.165, 1.54) is 0 Å². The Labute approximate surface area is 120 Å². The van der Waals surface area contributed by atoms with Crippen molar-refractivity contribution < 1.29 is 0 Å². The molecule has 0 saturated heterocycles. The van der Waals surface area contributed by atoms with Crippen molar-refractivity contribution in [2.24, 2.45) is 5.73 Å². The van der Waals surface area contributed by atoms with Crippen molar-refractivity contribution in [2.45, 2.75) is 45.6 Å². The van der Waals surface area contributed by atoms with E-state index in [-0.39, 0.29) is 5.54 Å². The fraction of sp³-hybridized carbons (Fsp3) is 0.500. The monoisotopic (exact) mass is 284 g/mol. The summed E-state index contributed by atoms with van der Waals surface area (Å²) in [5.41, 5.74) is 7.44. The maximum absolute atomic E-state index is 6.27. The molecule has 0 aliphatic carbocycles. The normalized spacial score (nSPS) is 11.3. The van der Waals surface area contributed by atoms with E-state index in [9.17, 15) is 0 Å². The second-order valence-corrected chi connectivity index (χ2v) is 5.37. The average Bonchev–Trinajstić information content (AvgIpc) is 2.38. The molecule has 4 heteroatoms. The molecular weight excluding hydrogens is 264 g/mol. The van der Waals surface area contributed by atoms with Crippen molar-refractivity contribution in [2.75, 3.05) is 5.32 Å². The minimum absolute atomic E-state index is 0.106. The highest BCUT2D eigenvalue weighted by Crippen LogP contribution is 2.30. The first-order valence-electron chi connectivity index (χ1n) is 6.35. The van der Waals surface area contributed by atoms with Crippen LogP contribution in [-0.2, 0) is 0 Å². The summed E-state index contributed by atoms with van der Waals surface area (Å²) in [7, 11) is 0. The van der Waals surface area contributed by atoms with Gasteiger partial charge in [0.1, 0.15) is 4.99 Å². The minimum Gasteiger partial charge on any atom is -0.389 e. The van der Waals surface area contributed by atoms with E-state index >= 15 is 0 Å². The van der Waals surface area contributed by atoms with E-state index in [4.69, 9.17) is 29.6 Å². The summed E-state index contributed by atoms with van der Waals surface area (Å²) in [4.78, 5) is 0.371. The van der Waals surface area contributed by atoms with Gasteiger partial charge in [-0.2, -0.15) is 0 Å². The molecule has 2 nitrogen and oxygen atoms in total. The second kappa shape index (κ2) is 6.39. The van der Waals surface area contributed by atoms with Crippen LogP contribution in [0, 0.1) is 0 Å². The zero-order valence-corrected chi connectivity index (χ0v) is 12.8. The Bertz CT molecular complexity index is 420. The highest BCUT2D eigenvalue weighted by Gasteiger charge is 2.24. The molecule has 0 aliphatic heterocycles. The van der Waals surface area contributed by atoms with Gasteiger partial charge in [-0.25, -0.2) is 0 Å². The van der Waals surface area contributed by atoms with Crippen LogP contribution in [-0.4, -0.2) is 10.5 Å². The number of hydrogen-bond donors (Lipinski definition) is 2. The van der Waals surface area contributed by atoms with Crippen LogP contribution in [0.5, 0.6) is 0 Å². The Morgan fingerprint density at radius 2 is 1.83 bits per heavy atom. The van der Waals surface area contributed by atoms with Gasteiger partial charge >= 0.3 is 0 Å². The number of hydrogen-bond acceptors (Lipinski definition) is 2. The molecule has 1 aromatic rings. The highest BCUT2D eigenvalue weighted by molar-refractivity contribution is 7.80. The Kier molecular flexibility index (Phi) is 5.42. The van der Waals surface area contributed by atoms with Crippen LogP contribution in [0.15, 0.2) is 18.2 Å². The summed E-state index contributed by atoms with van der Waals surface area (Å²) in [6, 6.07) is 5.67. The number of anilines is 1. The summed E-state index contributed by atoms with van der Waals surface area (Å²) in [6.07, 6.45) is 3.19. The van der Waals surface area contributed by atoms with Crippen LogP contribution in [0.4, 0.5) is 5.69 Å². The summed E-state index contributed by atoms with van der Waals surface area (Å²) in [5, 5.41) is 4.23. The molecular formula is C14H21ClN2S. The van der Waals surface area contributed by atoms with Gasteiger partial charge in [-0.3, -0.25) is 0 Å². The molecule has 0 atom stereocenters. The summed E-state index contributed by atoms with van der Waals surface area (Å²) < 4.78 is 0. The van der Waals surface area contributed by atoms with Crippen molar-refractivity contribution in [3.05, 3.63) is 28.8 Å². The van der Waals surface area contributed by atoms with Gasteiger partial charge in [0.05, 0.1) is 10.7 Å². The van der Waals surface area contributed by atoms with E-state index in [1.807, 2.05) is 18.2 Å². The SMILES string of the molecule is CCC(CC)(CC)Nc1ccc(C(N)=S)cc1Cl. The van der Waals surface area contributed by atoms with Crippen LogP contribution in [0.25, 0.3) is 0 Å². The summed E-state index contributed by atoms with van der Waals surface area (Å²) in [5.74, 6) is 0. The molecule has 0 bridgehead atoms. The quantitative estimate of drug-likeness (QED) is 0.763. The Morgan fingerprint density at radius 3 is 2.22 bits per heavy atom. The van der Waals surface area contributed by atoms with Gasteiger partial charge in [-0.1, -0.05) is 44.6 Å². The highest BCUT2D eigenvalue weighted by atomic mass is 35.5. The second-order valence-electron chi connectivity index (χ2n) is 4.52. The lowest BCUT2D eigenvalue weighted by molar-refractivity contribution is 0.420. The van der Waals surface area contributed by atoms with Gasteiger partial charge in [0.15, 0.2) is 0 Å². The molecule has 100 valence electrons. The lowest BCUT2D eigenvalue weighted by Gasteiger charge is -2.33. The number of benzene rings is 1. The van der Waals surface area contributed by atoms with E-state index in [0.717, 1.165) is 30.5 Å². The molecule has 3 N–H and O–H groups in total. The van der Waals surface area contributed by atoms with Crippen LogP contribution in [0.2, 0.25) is 5.02 Å². The van der Waals surface area contributed by atoms with Crippen LogP contribution in [0.3, 0.4) is 0 Å². The van der Waals surface area contributed by atoms with Gasteiger partial charge in [0, 0.05) is 11.1 Å². The predicted molar refractivity (Wildman–Crippen MR) is 84.6 cm³/mol. The molecule has 0 aliphatic rings. The molecule has 0 unspecified atom stereocenters. The average molecular weight is 285 g/mol. The van der Waals surface area contributed by atoms with Crippen molar-refractivity contribution in [1.29, 1.82) is 0 Å². The van der Waals surface area contributed by atoms with Crippen molar-refractivity contribution in [1.82, 2.24) is 0 Å². The first kappa shape index (κ1) is 15.3. The number of nitrogens with two attached hydrogens (primary N) is 1. The van der Waals surface area contributed by atoms with Gasteiger partial charge in [0.2, 0.25) is 0 Å². The van der Waals surface area contributed by atoms with Crippen molar-refractivity contribution in [3.63, 3.8) is 0 Å². The van der Waals surface area contributed by atoms with Crippen molar-refractivity contribution >= 4 is 34.5 Å². The fourth-order valence-electron chi connectivity index (χ4n) is 2.07. The lowest BCUT2D eigenvalue weighted by atomic mass is 9.89. The Morgan fingerprint density at radius 1 is 1.28 bits per heavy atom. The van der Waals surface area contributed by atoms with Crippen LogP contribution in [0.1, 0.15) is 45.6 Å². The molecule has 0 saturated carbocycles. The lowest BCUT2D eigenvalue weighted by Crippen LogP contribution is -2.36. The molecule has 1 rings (SSSR count). The van der Waals surface area contributed by atoms with Gasteiger partial charge < -0.3 is 11.1 Å². The topological polar surface area (TPSA) is 38.0 Å². The third kappa shape index (κ3) is 3.36. The van der Waals surface area contributed by atoms with E-state index in [2.05, 4.69) is 26.1 Å². The molecule has 0 spiro atoms. The number of nitrogens with one attached hydrogen (secondary N) is 1. The Balaban J connectivity index is 3.01. The van der Waals surface area contributed by atoms with Crippen molar-refractivity contribution in [3.8, 4) is 0 Å². The van der Waals surface area contributed by atoms with Crippen LogP contribution < -0.4 is 11.1 Å². The van der Waals surface area contributed by atoms with Gasteiger partial charge in [-0.15, -0.1) is 0 Å². The molecule has 0 aromatic heterocycles. The molecule has 0 heterocycles.